The molecule has 1 aliphatic rings. The molecule has 2 amide bonds. The summed E-state index contributed by atoms with van der Waals surface area (Å²) in [5.74, 6) is -1.98. The van der Waals surface area contributed by atoms with Crippen molar-refractivity contribution in [1.82, 2.24) is 10.2 Å². The van der Waals surface area contributed by atoms with Gasteiger partial charge in [0.2, 0.25) is 11.8 Å². The molecule has 0 aromatic heterocycles. The van der Waals surface area contributed by atoms with Gasteiger partial charge < -0.3 is 19.7 Å². The molecule has 176 valence electrons. The summed E-state index contributed by atoms with van der Waals surface area (Å²) < 4.78 is 10.0. The fraction of sp³-hybridized carbons (Fsp3) is 0.739. The number of nitrogens with one attached hydrogen (secondary N) is 1. The molecule has 0 aromatic rings. The van der Waals surface area contributed by atoms with Gasteiger partial charge in [0, 0.05) is 18.7 Å². The highest BCUT2D eigenvalue weighted by Gasteiger charge is 2.28. The van der Waals surface area contributed by atoms with Crippen LogP contribution in [0, 0.1) is 17.8 Å². The molecule has 0 aliphatic carbocycles. The van der Waals surface area contributed by atoms with E-state index in [4.69, 9.17) is 4.74 Å². The highest BCUT2D eigenvalue weighted by molar-refractivity contribution is 5.86. The summed E-state index contributed by atoms with van der Waals surface area (Å²) in [6.45, 7) is 9.79. The molecule has 0 aromatic carbocycles. The van der Waals surface area contributed by atoms with E-state index in [2.05, 4.69) is 10.1 Å². The number of carbonyl (C=O) groups is 4. The van der Waals surface area contributed by atoms with Gasteiger partial charge in [-0.1, -0.05) is 26.3 Å². The Balaban J connectivity index is 2.74. The lowest BCUT2D eigenvalue weighted by Crippen LogP contribution is -2.39. The number of methoxy groups -OCH3 is 1. The molecule has 1 rings (SSSR count). The second-order valence-corrected chi connectivity index (χ2v) is 9.42. The molecule has 1 aliphatic heterocycles. The highest BCUT2D eigenvalue weighted by atomic mass is 16.6. The molecule has 0 unspecified atom stereocenters. The first-order valence-corrected chi connectivity index (χ1v) is 11.0. The zero-order valence-corrected chi connectivity index (χ0v) is 19.7. The summed E-state index contributed by atoms with van der Waals surface area (Å²) >= 11 is 0. The molecule has 2 atom stereocenters. The number of esters is 2. The van der Waals surface area contributed by atoms with Crippen LogP contribution >= 0.6 is 0 Å². The van der Waals surface area contributed by atoms with E-state index < -0.39 is 29.4 Å². The minimum Gasteiger partial charge on any atom is -0.468 e. The van der Waals surface area contributed by atoms with E-state index in [-0.39, 0.29) is 30.7 Å². The van der Waals surface area contributed by atoms with Crippen LogP contribution in [0.2, 0.25) is 0 Å². The van der Waals surface area contributed by atoms with Crippen LogP contribution < -0.4 is 5.32 Å². The van der Waals surface area contributed by atoms with Gasteiger partial charge in [-0.05, 0) is 46.0 Å². The topological polar surface area (TPSA) is 102 Å². The van der Waals surface area contributed by atoms with Crippen LogP contribution in [0.3, 0.4) is 0 Å². The fourth-order valence-electron chi connectivity index (χ4n) is 3.49. The van der Waals surface area contributed by atoms with E-state index >= 15 is 0 Å². The van der Waals surface area contributed by atoms with E-state index in [9.17, 15) is 19.2 Å². The molecular formula is C23H38N2O6. The van der Waals surface area contributed by atoms with Crippen LogP contribution in [0.1, 0.15) is 66.7 Å². The maximum atomic E-state index is 12.7. The third-order valence-electron chi connectivity index (χ3n) is 4.88. The molecular weight excluding hydrogens is 400 g/mol. The first kappa shape index (κ1) is 26.7. The second-order valence-electron chi connectivity index (χ2n) is 9.42. The molecule has 1 saturated heterocycles. The van der Waals surface area contributed by atoms with Gasteiger partial charge in [-0.25, -0.2) is 0 Å². The van der Waals surface area contributed by atoms with Gasteiger partial charge in [-0.3, -0.25) is 19.2 Å². The normalized spacial score (nSPS) is 18.6. The number of amides is 2. The van der Waals surface area contributed by atoms with Crippen molar-refractivity contribution in [2.75, 3.05) is 20.2 Å². The highest BCUT2D eigenvalue weighted by Crippen LogP contribution is 2.21. The molecule has 1 heterocycles. The van der Waals surface area contributed by atoms with Crippen molar-refractivity contribution < 1.29 is 28.7 Å². The largest absolute Gasteiger partial charge is 0.468 e. The number of ether oxygens (including phenoxy) is 2. The Morgan fingerprint density at radius 2 is 1.87 bits per heavy atom. The number of likely N-dealkylation sites (tertiary alicyclic amines) is 1. The Morgan fingerprint density at radius 1 is 1.19 bits per heavy atom. The lowest BCUT2D eigenvalue weighted by atomic mass is 9.93. The Kier molecular flexibility index (Phi) is 10.7. The van der Waals surface area contributed by atoms with Gasteiger partial charge >= 0.3 is 11.9 Å². The first-order valence-electron chi connectivity index (χ1n) is 11.0. The predicted octanol–water partition coefficient (Wildman–Crippen LogP) is 2.81. The maximum absolute atomic E-state index is 12.7. The maximum Gasteiger partial charge on any atom is 0.325 e. The van der Waals surface area contributed by atoms with Gasteiger partial charge in [-0.2, -0.15) is 0 Å². The minimum atomic E-state index is -0.605. The van der Waals surface area contributed by atoms with Gasteiger partial charge in [0.15, 0.2) is 0 Å². The summed E-state index contributed by atoms with van der Waals surface area (Å²) in [4.78, 5) is 50.7. The monoisotopic (exact) mass is 438 g/mol. The van der Waals surface area contributed by atoms with Crippen LogP contribution in [0.25, 0.3) is 0 Å². The zero-order valence-electron chi connectivity index (χ0n) is 19.7. The fourth-order valence-corrected chi connectivity index (χ4v) is 3.49. The van der Waals surface area contributed by atoms with Crippen molar-refractivity contribution in [3.63, 3.8) is 0 Å². The Hall–Kier alpha value is -2.38. The summed E-state index contributed by atoms with van der Waals surface area (Å²) in [6.07, 6.45) is 6.01. The van der Waals surface area contributed by atoms with E-state index in [1.807, 2.05) is 13.8 Å². The third-order valence-corrected chi connectivity index (χ3v) is 4.88. The average molecular weight is 439 g/mol. The smallest absolute Gasteiger partial charge is 0.325 e. The average Bonchev–Trinajstić information content (AvgIpc) is 2.81. The lowest BCUT2D eigenvalue weighted by molar-refractivity contribution is -0.157. The molecule has 0 spiro atoms. The van der Waals surface area contributed by atoms with Gasteiger partial charge in [0.25, 0.3) is 0 Å². The Morgan fingerprint density at radius 3 is 2.45 bits per heavy atom. The van der Waals surface area contributed by atoms with Crippen LogP contribution in [-0.4, -0.2) is 54.5 Å². The Bertz CT molecular complexity index is 665. The zero-order chi connectivity index (χ0) is 23.6. The van der Waals surface area contributed by atoms with Crippen molar-refractivity contribution in [3.8, 4) is 0 Å². The first-order chi connectivity index (χ1) is 14.4. The number of nitrogens with zero attached hydrogens (tertiary/aromatic N) is 1. The van der Waals surface area contributed by atoms with Crippen LogP contribution in [-0.2, 0) is 28.7 Å². The third kappa shape index (κ3) is 10.5. The van der Waals surface area contributed by atoms with Gasteiger partial charge in [0.05, 0.1) is 19.4 Å². The summed E-state index contributed by atoms with van der Waals surface area (Å²) in [6, 6.07) is 0. The molecule has 0 saturated carbocycles. The molecule has 8 heteroatoms. The molecule has 31 heavy (non-hydrogen) atoms. The van der Waals surface area contributed by atoms with E-state index in [0.717, 1.165) is 12.8 Å². The summed E-state index contributed by atoms with van der Waals surface area (Å²) in [5.41, 5.74) is -0.605. The summed E-state index contributed by atoms with van der Waals surface area (Å²) in [5, 5.41) is 2.72. The standard InChI is InChI=1S/C23H38N2O6/c1-16(2)13-18(14-19(26)31-23(3,4)5)21(28)24-11-10-17-9-7-8-12-25(22(17)29)15-20(27)30-6/h10-11,16-18H,7-9,12-15H2,1-6H3,(H,24,28)/b11-10+/t17-,18-/m1/s1. The van der Waals surface area contributed by atoms with E-state index in [0.29, 0.717) is 19.4 Å². The molecule has 8 nitrogen and oxygen atoms in total. The number of hydrogen-bond acceptors (Lipinski definition) is 6. The van der Waals surface area contributed by atoms with Crippen molar-refractivity contribution >= 4 is 23.8 Å². The second kappa shape index (κ2) is 12.5. The van der Waals surface area contributed by atoms with Crippen LogP contribution in [0.5, 0.6) is 0 Å². The van der Waals surface area contributed by atoms with Gasteiger partial charge in [-0.15, -0.1) is 0 Å². The van der Waals surface area contributed by atoms with E-state index in [1.54, 1.807) is 26.8 Å². The number of carbonyl (C=O) groups excluding carboxylic acids is 4. The van der Waals surface area contributed by atoms with Crippen LogP contribution in [0.4, 0.5) is 0 Å². The molecule has 1 N–H and O–H groups in total. The molecule has 0 radical (unpaired) electrons. The number of hydrogen-bond donors (Lipinski definition) is 1. The van der Waals surface area contributed by atoms with Crippen molar-refractivity contribution in [3.05, 3.63) is 12.3 Å². The number of rotatable bonds is 9. The minimum absolute atomic E-state index is 0.00435. The van der Waals surface area contributed by atoms with Crippen molar-refractivity contribution in [1.29, 1.82) is 0 Å². The Labute approximate surface area is 185 Å². The van der Waals surface area contributed by atoms with Crippen molar-refractivity contribution in [2.45, 2.75) is 72.3 Å². The quantitative estimate of drug-likeness (QED) is 0.556. The van der Waals surface area contributed by atoms with E-state index in [1.165, 1.54) is 18.2 Å². The van der Waals surface area contributed by atoms with Crippen LogP contribution in [0.15, 0.2) is 12.3 Å². The SMILES string of the molecule is COC(=O)CN1CCCC[C@H](/C=C/NC(=O)[C@@H](CC(=O)OC(C)(C)C)CC(C)C)C1=O. The molecule has 1 fully saturated rings. The molecule has 0 bridgehead atoms. The lowest BCUT2D eigenvalue weighted by Gasteiger charge is -2.23. The van der Waals surface area contributed by atoms with Crippen molar-refractivity contribution in [2.24, 2.45) is 17.8 Å². The van der Waals surface area contributed by atoms with Gasteiger partial charge in [0.1, 0.15) is 12.1 Å². The summed E-state index contributed by atoms with van der Waals surface area (Å²) in [7, 11) is 1.29. The predicted molar refractivity (Wildman–Crippen MR) is 117 cm³/mol.